The Hall–Kier alpha value is -2.48. The quantitative estimate of drug-likeness (QED) is 0.687. The van der Waals surface area contributed by atoms with Gasteiger partial charge in [0.2, 0.25) is 0 Å². The van der Waals surface area contributed by atoms with E-state index in [1.807, 2.05) is 31.2 Å². The second-order valence-corrected chi connectivity index (χ2v) is 6.38. The van der Waals surface area contributed by atoms with Crippen molar-refractivity contribution in [2.45, 2.75) is 40.0 Å². The third kappa shape index (κ3) is 2.84. The van der Waals surface area contributed by atoms with Gasteiger partial charge in [-0.25, -0.2) is 0 Å². The molecule has 0 fully saturated rings. The fourth-order valence-corrected chi connectivity index (χ4v) is 3.37. The number of phenols is 2. The maximum absolute atomic E-state index is 10.5. The molecule has 0 aliphatic heterocycles. The van der Waals surface area contributed by atoms with Gasteiger partial charge in [-0.1, -0.05) is 56.3 Å². The minimum Gasteiger partial charge on any atom is -0.507 e. The molecule has 0 amide bonds. The molecule has 0 aromatic heterocycles. The fraction of sp³-hybridized carbons (Fsp3) is 0.273. The minimum absolute atomic E-state index is 0.369. The summed E-state index contributed by atoms with van der Waals surface area (Å²) in [5, 5.41) is 22.8. The van der Waals surface area contributed by atoms with Crippen molar-refractivity contribution in [1.82, 2.24) is 0 Å². The molecule has 0 radical (unpaired) electrons. The van der Waals surface area contributed by atoms with Crippen LogP contribution in [0.15, 0.2) is 42.5 Å². The van der Waals surface area contributed by atoms with E-state index >= 15 is 0 Å². The molecular formula is C22H24O2. The molecule has 2 heteroatoms. The molecule has 3 rings (SSSR count). The van der Waals surface area contributed by atoms with Gasteiger partial charge in [-0.15, -0.1) is 0 Å². The van der Waals surface area contributed by atoms with E-state index < -0.39 is 0 Å². The fourth-order valence-electron chi connectivity index (χ4n) is 3.37. The van der Waals surface area contributed by atoms with E-state index in [0.29, 0.717) is 11.5 Å². The molecule has 0 bridgehead atoms. The van der Waals surface area contributed by atoms with Crippen molar-refractivity contribution in [3.8, 4) is 11.5 Å². The zero-order valence-corrected chi connectivity index (χ0v) is 14.6. The van der Waals surface area contributed by atoms with Gasteiger partial charge in [-0.3, -0.25) is 0 Å². The summed E-state index contributed by atoms with van der Waals surface area (Å²) in [6.07, 6.45) is 2.38. The molecule has 0 unspecified atom stereocenters. The number of hydrogen-bond donors (Lipinski definition) is 2. The molecule has 0 spiro atoms. The molecule has 0 saturated carbocycles. The Balaban J connectivity index is 2.09. The lowest BCUT2D eigenvalue weighted by molar-refractivity contribution is 0.462. The first-order valence-corrected chi connectivity index (χ1v) is 8.59. The average molecular weight is 320 g/mol. The number of hydrogen-bond acceptors (Lipinski definition) is 2. The molecule has 0 aliphatic rings. The van der Waals surface area contributed by atoms with Crippen LogP contribution in [-0.2, 0) is 19.3 Å². The second kappa shape index (κ2) is 6.56. The van der Waals surface area contributed by atoms with Crippen molar-refractivity contribution < 1.29 is 10.2 Å². The number of fused-ring (bicyclic) bond motifs is 1. The van der Waals surface area contributed by atoms with Gasteiger partial charge in [0, 0.05) is 5.39 Å². The molecule has 124 valence electrons. The molecule has 0 saturated heterocycles. The molecule has 2 N–H and O–H groups in total. The highest BCUT2D eigenvalue weighted by Crippen LogP contribution is 2.33. The van der Waals surface area contributed by atoms with Crippen LogP contribution >= 0.6 is 0 Å². The maximum atomic E-state index is 10.5. The van der Waals surface area contributed by atoms with E-state index in [1.165, 1.54) is 5.56 Å². The molecule has 0 atom stereocenters. The number of aryl methyl sites for hydroxylation is 2. The lowest BCUT2D eigenvalue weighted by Crippen LogP contribution is -1.97. The Labute approximate surface area is 143 Å². The lowest BCUT2D eigenvalue weighted by Gasteiger charge is -2.14. The first-order chi connectivity index (χ1) is 11.5. The summed E-state index contributed by atoms with van der Waals surface area (Å²) in [5.74, 6) is 0.801. The van der Waals surface area contributed by atoms with Crippen molar-refractivity contribution in [2.24, 2.45) is 0 Å². The van der Waals surface area contributed by atoms with Crippen LogP contribution in [0.2, 0.25) is 0 Å². The van der Waals surface area contributed by atoms with Crippen molar-refractivity contribution in [1.29, 1.82) is 0 Å². The van der Waals surface area contributed by atoms with E-state index in [4.69, 9.17) is 0 Å². The smallest absolute Gasteiger partial charge is 0.126 e. The summed E-state index contributed by atoms with van der Waals surface area (Å²) in [6, 6.07) is 14.2. The second-order valence-electron chi connectivity index (χ2n) is 6.38. The van der Waals surface area contributed by atoms with Crippen LogP contribution in [0.5, 0.6) is 11.5 Å². The average Bonchev–Trinajstić information content (AvgIpc) is 2.60. The lowest BCUT2D eigenvalue weighted by atomic mass is 9.92. The predicted octanol–water partition coefficient (Wildman–Crippen LogP) is 5.28. The number of rotatable bonds is 4. The monoisotopic (exact) mass is 320 g/mol. The summed E-state index contributed by atoms with van der Waals surface area (Å²) >= 11 is 0. The van der Waals surface area contributed by atoms with Crippen LogP contribution in [0.25, 0.3) is 10.8 Å². The van der Waals surface area contributed by atoms with Gasteiger partial charge >= 0.3 is 0 Å². The first-order valence-electron chi connectivity index (χ1n) is 8.59. The third-order valence-electron chi connectivity index (χ3n) is 4.87. The van der Waals surface area contributed by atoms with Crippen LogP contribution in [0.1, 0.15) is 41.7 Å². The van der Waals surface area contributed by atoms with Gasteiger partial charge in [0.15, 0.2) is 0 Å². The van der Waals surface area contributed by atoms with E-state index in [2.05, 4.69) is 32.0 Å². The molecule has 3 aromatic carbocycles. The first kappa shape index (κ1) is 16.4. The molecule has 0 heterocycles. The molecule has 3 aromatic rings. The Morgan fingerprint density at radius 3 is 2.04 bits per heavy atom. The summed E-state index contributed by atoms with van der Waals surface area (Å²) < 4.78 is 0. The Bertz CT molecular complexity index is 869. The highest BCUT2D eigenvalue weighted by molar-refractivity contribution is 5.90. The highest BCUT2D eigenvalue weighted by Gasteiger charge is 2.12. The van der Waals surface area contributed by atoms with Crippen LogP contribution in [0, 0.1) is 6.92 Å². The summed E-state index contributed by atoms with van der Waals surface area (Å²) in [6.45, 7) is 6.09. The van der Waals surface area contributed by atoms with Crippen LogP contribution in [-0.4, -0.2) is 10.2 Å². The Morgan fingerprint density at radius 1 is 0.792 bits per heavy atom. The van der Waals surface area contributed by atoms with Crippen LogP contribution in [0.3, 0.4) is 0 Å². The van der Waals surface area contributed by atoms with Gasteiger partial charge < -0.3 is 10.2 Å². The molecule has 2 nitrogen and oxygen atoms in total. The maximum Gasteiger partial charge on any atom is 0.126 e. The van der Waals surface area contributed by atoms with E-state index in [1.54, 1.807) is 0 Å². The van der Waals surface area contributed by atoms with Gasteiger partial charge in [0.25, 0.3) is 0 Å². The number of benzene rings is 3. The van der Waals surface area contributed by atoms with Crippen molar-refractivity contribution in [3.05, 3.63) is 70.3 Å². The largest absolute Gasteiger partial charge is 0.507 e. The van der Waals surface area contributed by atoms with Crippen LogP contribution in [0.4, 0.5) is 0 Å². The third-order valence-corrected chi connectivity index (χ3v) is 4.87. The van der Waals surface area contributed by atoms with Crippen molar-refractivity contribution in [2.75, 3.05) is 0 Å². The zero-order valence-electron chi connectivity index (χ0n) is 14.6. The molecular weight excluding hydrogens is 296 g/mol. The van der Waals surface area contributed by atoms with E-state index in [-0.39, 0.29) is 0 Å². The summed E-state index contributed by atoms with van der Waals surface area (Å²) in [7, 11) is 0. The van der Waals surface area contributed by atoms with Crippen molar-refractivity contribution in [3.63, 3.8) is 0 Å². The summed E-state index contributed by atoms with van der Waals surface area (Å²) in [4.78, 5) is 0. The number of aromatic hydroxyl groups is 2. The van der Waals surface area contributed by atoms with Crippen molar-refractivity contribution >= 4 is 10.8 Å². The normalized spacial score (nSPS) is 11.1. The Kier molecular flexibility index (Phi) is 4.48. The molecule has 0 aliphatic carbocycles. The van der Waals surface area contributed by atoms with E-state index in [0.717, 1.165) is 52.3 Å². The topological polar surface area (TPSA) is 40.5 Å². The Morgan fingerprint density at radius 2 is 1.42 bits per heavy atom. The van der Waals surface area contributed by atoms with Gasteiger partial charge in [0.05, 0.1) is 0 Å². The van der Waals surface area contributed by atoms with Gasteiger partial charge in [0.1, 0.15) is 11.5 Å². The molecule has 24 heavy (non-hydrogen) atoms. The SMILES string of the molecule is CCc1cc(Cc2cc3ccccc3c(O)c2C)cc(CC)c1O. The minimum atomic E-state index is 0.369. The van der Waals surface area contributed by atoms with E-state index in [9.17, 15) is 10.2 Å². The predicted molar refractivity (Wildman–Crippen MR) is 100 cm³/mol. The van der Waals surface area contributed by atoms with Gasteiger partial charge in [-0.05, 0) is 59.4 Å². The standard InChI is InChI=1S/C22H24O2/c1-4-16-10-15(11-17(5-2)22(16)24)12-19-13-18-8-6-7-9-20(18)21(23)14(19)3/h6-11,13,23-24H,4-5,12H2,1-3H3. The van der Waals surface area contributed by atoms with Gasteiger partial charge in [-0.2, -0.15) is 0 Å². The van der Waals surface area contributed by atoms with Crippen LogP contribution < -0.4 is 0 Å². The summed E-state index contributed by atoms with van der Waals surface area (Å²) in [5.41, 5.74) is 5.22. The highest BCUT2D eigenvalue weighted by atomic mass is 16.3. The zero-order chi connectivity index (χ0) is 17.3. The number of phenolic OH excluding ortho intramolecular Hbond substituents is 2.